The predicted octanol–water partition coefficient (Wildman–Crippen LogP) is 12.7. The molecule has 0 nitrogen and oxygen atoms in total. The highest BCUT2D eigenvalue weighted by molar-refractivity contribution is 5.04. The lowest BCUT2D eigenvalue weighted by atomic mass is 9.74. The molecule has 0 heteroatoms. The van der Waals surface area contributed by atoms with Crippen molar-refractivity contribution in [1.29, 1.82) is 0 Å². The van der Waals surface area contributed by atoms with Gasteiger partial charge in [0.25, 0.3) is 0 Å². The third kappa shape index (κ3) is 21.7. The fourth-order valence-corrected chi connectivity index (χ4v) is 5.09. The highest BCUT2D eigenvalue weighted by Crippen LogP contribution is 2.38. The van der Waals surface area contributed by atoms with Crippen molar-refractivity contribution in [3.05, 3.63) is 37.0 Å². The quantitative estimate of drug-likeness (QED) is 0.0823. The van der Waals surface area contributed by atoms with Gasteiger partial charge in [-0.2, -0.15) is 0 Å². The average molecular weight is 473 g/mol. The van der Waals surface area contributed by atoms with Gasteiger partial charge in [0.15, 0.2) is 0 Å². The van der Waals surface area contributed by atoms with E-state index < -0.39 is 0 Å². The van der Waals surface area contributed by atoms with E-state index in [1.165, 1.54) is 148 Å². The molecule has 0 amide bonds. The van der Waals surface area contributed by atoms with E-state index in [9.17, 15) is 0 Å². The van der Waals surface area contributed by atoms with E-state index in [1.54, 1.807) is 0 Å². The maximum Gasteiger partial charge on any atom is -0.00838 e. The predicted molar refractivity (Wildman–Crippen MR) is 159 cm³/mol. The molecule has 0 spiro atoms. The van der Waals surface area contributed by atoms with Gasteiger partial charge in [-0.3, -0.25) is 0 Å². The van der Waals surface area contributed by atoms with Gasteiger partial charge in [0.05, 0.1) is 0 Å². The fourth-order valence-electron chi connectivity index (χ4n) is 5.09. The van der Waals surface area contributed by atoms with E-state index in [1.807, 2.05) is 0 Å². The molecule has 0 aliphatic heterocycles. The first-order valence-electron chi connectivity index (χ1n) is 15.7. The van der Waals surface area contributed by atoms with Gasteiger partial charge in [0.1, 0.15) is 0 Å². The van der Waals surface area contributed by atoms with Crippen LogP contribution in [0.5, 0.6) is 0 Å². The lowest BCUT2D eigenvalue weighted by Crippen LogP contribution is -2.18. The third-order valence-electron chi connectivity index (χ3n) is 7.47. The molecule has 0 fully saturated rings. The maximum absolute atomic E-state index is 3.87. The molecule has 0 aromatic heterocycles. The number of hydrogen-bond acceptors (Lipinski definition) is 0. The summed E-state index contributed by atoms with van der Waals surface area (Å²) in [6, 6.07) is 0. The first kappa shape index (κ1) is 33.2. The zero-order valence-corrected chi connectivity index (χ0v) is 24.1. The molecule has 0 radical (unpaired) electrons. The molecule has 0 aliphatic carbocycles. The number of unbranched alkanes of at least 4 members (excludes halogenated alkanes) is 17. The zero-order chi connectivity index (χ0) is 25.0. The van der Waals surface area contributed by atoms with Crippen molar-refractivity contribution in [3.63, 3.8) is 0 Å². The second-order valence-corrected chi connectivity index (χ2v) is 10.9. The Bertz CT molecular complexity index is 437. The van der Waals surface area contributed by atoms with Crippen molar-refractivity contribution < 1.29 is 0 Å². The molecular formula is C34H64. The topological polar surface area (TPSA) is 0 Å². The lowest BCUT2D eigenvalue weighted by Gasteiger charge is -2.31. The van der Waals surface area contributed by atoms with Crippen LogP contribution in [-0.4, -0.2) is 0 Å². The summed E-state index contributed by atoms with van der Waals surface area (Å²) in [4.78, 5) is 0. The van der Waals surface area contributed by atoms with E-state index in [4.69, 9.17) is 0 Å². The first-order chi connectivity index (χ1) is 16.7. The molecule has 0 saturated heterocycles. The van der Waals surface area contributed by atoms with Gasteiger partial charge in [-0.05, 0) is 56.8 Å². The van der Waals surface area contributed by atoms with Crippen LogP contribution in [0.15, 0.2) is 37.0 Å². The Kier molecular flexibility index (Phi) is 26.2. The molecule has 0 aliphatic rings. The summed E-state index contributed by atoms with van der Waals surface area (Å²) in [5.41, 5.74) is 0.397. The van der Waals surface area contributed by atoms with E-state index in [-0.39, 0.29) is 0 Å². The minimum absolute atomic E-state index is 0.397. The molecule has 0 heterocycles. The molecule has 0 saturated carbocycles. The van der Waals surface area contributed by atoms with Crippen LogP contribution >= 0.6 is 0 Å². The Morgan fingerprint density at radius 3 is 1.47 bits per heavy atom. The summed E-state index contributed by atoms with van der Waals surface area (Å²) in [5.74, 6) is 0. The molecule has 0 unspecified atom stereocenters. The van der Waals surface area contributed by atoms with E-state index >= 15 is 0 Å². The summed E-state index contributed by atoms with van der Waals surface area (Å²) in [5, 5.41) is 0. The van der Waals surface area contributed by atoms with Crippen molar-refractivity contribution in [3.8, 4) is 0 Å². The highest BCUT2D eigenvalue weighted by Gasteiger charge is 2.24. The smallest absolute Gasteiger partial charge is 0.00838 e. The molecule has 0 rings (SSSR count). The zero-order valence-electron chi connectivity index (χ0n) is 24.1. The summed E-state index contributed by atoms with van der Waals surface area (Å²) >= 11 is 0. The standard InChI is InChI=1S/C34H64/c1-5-9-13-17-20-24-28-32-34(30-26-22-16-12-8-4,31-27-23-19-15-11-7-3)33-29-25-21-18-14-10-6-2/h7,23,26-27,30H,3,5-6,8-22,24-25,28-29,31-33H2,1-2,4H3. The number of hydrogen-bond donors (Lipinski definition) is 0. The van der Waals surface area contributed by atoms with Crippen molar-refractivity contribution in [1.82, 2.24) is 0 Å². The van der Waals surface area contributed by atoms with Gasteiger partial charge >= 0.3 is 0 Å². The minimum Gasteiger partial charge on any atom is -0.103 e. The number of allylic oxidation sites excluding steroid dienone is 5. The van der Waals surface area contributed by atoms with Crippen LogP contribution in [0.25, 0.3) is 0 Å². The molecule has 34 heavy (non-hydrogen) atoms. The summed E-state index contributed by atoms with van der Waals surface area (Å²) in [6.07, 6.45) is 45.0. The first-order valence-corrected chi connectivity index (χ1v) is 15.7. The largest absolute Gasteiger partial charge is 0.103 e. The maximum atomic E-state index is 3.87. The Morgan fingerprint density at radius 2 is 0.941 bits per heavy atom. The SMILES string of the molecule is C=CCCCC=CCC(C=CCCCCC)(CCCCCCCCC)CCCCCCCCC. The van der Waals surface area contributed by atoms with Crippen LogP contribution in [0.1, 0.15) is 175 Å². The Morgan fingerprint density at radius 1 is 0.471 bits per heavy atom. The molecule has 0 aromatic carbocycles. The second-order valence-electron chi connectivity index (χ2n) is 10.9. The third-order valence-corrected chi connectivity index (χ3v) is 7.47. The Hall–Kier alpha value is -0.780. The fraction of sp³-hybridized carbons (Fsp3) is 0.824. The molecule has 200 valence electrons. The normalized spacial score (nSPS) is 12.3. The monoisotopic (exact) mass is 473 g/mol. The van der Waals surface area contributed by atoms with Gasteiger partial charge in [-0.1, -0.05) is 154 Å². The van der Waals surface area contributed by atoms with Crippen LogP contribution in [0.2, 0.25) is 0 Å². The van der Waals surface area contributed by atoms with Gasteiger partial charge in [-0.25, -0.2) is 0 Å². The van der Waals surface area contributed by atoms with Crippen LogP contribution in [-0.2, 0) is 0 Å². The van der Waals surface area contributed by atoms with Crippen LogP contribution in [0.4, 0.5) is 0 Å². The van der Waals surface area contributed by atoms with Gasteiger partial charge in [-0.15, -0.1) is 6.58 Å². The van der Waals surface area contributed by atoms with Gasteiger partial charge in [0.2, 0.25) is 0 Å². The van der Waals surface area contributed by atoms with Crippen LogP contribution in [0, 0.1) is 5.41 Å². The van der Waals surface area contributed by atoms with Crippen molar-refractivity contribution >= 4 is 0 Å². The molecule has 0 N–H and O–H groups in total. The Labute approximate surface area is 217 Å². The molecule has 0 bridgehead atoms. The number of rotatable bonds is 27. The molecule has 0 atom stereocenters. The summed E-state index contributed by atoms with van der Waals surface area (Å²) in [6.45, 7) is 10.8. The van der Waals surface area contributed by atoms with E-state index in [2.05, 4.69) is 57.7 Å². The average Bonchev–Trinajstić information content (AvgIpc) is 2.85. The summed E-state index contributed by atoms with van der Waals surface area (Å²) in [7, 11) is 0. The molecular weight excluding hydrogens is 408 g/mol. The summed E-state index contributed by atoms with van der Waals surface area (Å²) < 4.78 is 0. The van der Waals surface area contributed by atoms with Crippen molar-refractivity contribution in [2.24, 2.45) is 5.41 Å². The van der Waals surface area contributed by atoms with Crippen molar-refractivity contribution in [2.45, 2.75) is 175 Å². The lowest BCUT2D eigenvalue weighted by molar-refractivity contribution is 0.297. The van der Waals surface area contributed by atoms with Crippen LogP contribution < -0.4 is 0 Å². The molecule has 0 aromatic rings. The van der Waals surface area contributed by atoms with Gasteiger partial charge in [0, 0.05) is 0 Å². The minimum atomic E-state index is 0.397. The van der Waals surface area contributed by atoms with Gasteiger partial charge < -0.3 is 0 Å². The van der Waals surface area contributed by atoms with Crippen molar-refractivity contribution in [2.75, 3.05) is 0 Å². The Balaban J connectivity index is 4.94. The van der Waals surface area contributed by atoms with E-state index in [0.717, 1.165) is 6.42 Å². The second kappa shape index (κ2) is 26.8. The highest BCUT2D eigenvalue weighted by atomic mass is 14.3. The van der Waals surface area contributed by atoms with E-state index in [0.29, 0.717) is 5.41 Å². The van der Waals surface area contributed by atoms with Crippen LogP contribution in [0.3, 0.4) is 0 Å².